The first kappa shape index (κ1) is 15.8. The normalized spacial score (nSPS) is 11.4. The smallest absolute Gasteiger partial charge is 0.330 e. The number of nitrogens with zero attached hydrogens (tertiary/aromatic N) is 1. The predicted octanol–water partition coefficient (Wildman–Crippen LogP) is 2.82. The molecule has 0 spiro atoms. The van der Waals surface area contributed by atoms with Gasteiger partial charge in [-0.05, 0) is 24.6 Å². The largest absolute Gasteiger partial charge is 0.466 e. The minimum atomic E-state index is -0.351. The summed E-state index contributed by atoms with van der Waals surface area (Å²) in [6.45, 7) is 4.76. The number of esters is 1. The second kappa shape index (κ2) is 7.41. The highest BCUT2D eigenvalue weighted by Gasteiger charge is 2.15. The van der Waals surface area contributed by atoms with Crippen molar-refractivity contribution in [2.24, 2.45) is 0 Å². The Morgan fingerprint density at radius 3 is 2.64 bits per heavy atom. The molecule has 4 nitrogen and oxygen atoms in total. The molecular weight excluding hydrogens is 276 g/mol. The minimum Gasteiger partial charge on any atom is -0.466 e. The molecule has 0 radical (unpaired) electrons. The Morgan fingerprint density at radius 2 is 1.95 bits per heavy atom. The van der Waals surface area contributed by atoms with Crippen LogP contribution < -0.4 is 4.68 Å². The van der Waals surface area contributed by atoms with E-state index >= 15 is 0 Å². The first-order chi connectivity index (χ1) is 10.6. The Kier molecular flexibility index (Phi) is 5.31. The van der Waals surface area contributed by atoms with Gasteiger partial charge in [-0.25, -0.2) is 4.79 Å². The van der Waals surface area contributed by atoms with Crippen molar-refractivity contribution in [2.75, 3.05) is 7.11 Å². The van der Waals surface area contributed by atoms with Crippen molar-refractivity contribution in [2.45, 2.75) is 20.4 Å². The number of carbonyl (C=O) groups is 1. The molecule has 1 N–H and O–H groups in total. The molecule has 4 heteroatoms. The van der Waals surface area contributed by atoms with Crippen LogP contribution in [0, 0.1) is 13.8 Å². The van der Waals surface area contributed by atoms with Crippen molar-refractivity contribution in [3.63, 3.8) is 0 Å². The molecule has 0 aliphatic heterocycles. The van der Waals surface area contributed by atoms with Crippen molar-refractivity contribution in [3.05, 3.63) is 65.0 Å². The third-order valence-corrected chi connectivity index (χ3v) is 3.49. The Balaban J connectivity index is 2.11. The molecule has 0 atom stereocenters. The number of benzene rings is 1. The van der Waals surface area contributed by atoms with Gasteiger partial charge in [0.2, 0.25) is 5.69 Å². The van der Waals surface area contributed by atoms with Crippen LogP contribution in [0.2, 0.25) is 0 Å². The van der Waals surface area contributed by atoms with Crippen molar-refractivity contribution in [3.8, 4) is 0 Å². The van der Waals surface area contributed by atoms with Gasteiger partial charge < -0.3 is 4.74 Å². The lowest BCUT2D eigenvalue weighted by Gasteiger charge is -1.92. The molecule has 1 aromatic carbocycles. The lowest BCUT2D eigenvalue weighted by Crippen LogP contribution is -2.37. The van der Waals surface area contributed by atoms with Crippen molar-refractivity contribution in [1.82, 2.24) is 5.10 Å². The zero-order valence-electron chi connectivity index (χ0n) is 13.2. The van der Waals surface area contributed by atoms with E-state index in [4.69, 9.17) is 0 Å². The summed E-state index contributed by atoms with van der Waals surface area (Å²) in [6.07, 6.45) is 7.41. The summed E-state index contributed by atoms with van der Waals surface area (Å²) >= 11 is 0. The average molecular weight is 297 g/mol. The Bertz CT molecular complexity index is 697. The van der Waals surface area contributed by atoms with Gasteiger partial charge in [0.25, 0.3) is 0 Å². The Hall–Kier alpha value is -2.62. The number of hydrogen-bond donors (Lipinski definition) is 1. The van der Waals surface area contributed by atoms with Gasteiger partial charge >= 0.3 is 5.97 Å². The lowest BCUT2D eigenvalue weighted by atomic mass is 10.2. The van der Waals surface area contributed by atoms with Gasteiger partial charge in [0.1, 0.15) is 0 Å². The molecule has 1 heterocycles. The van der Waals surface area contributed by atoms with Crippen LogP contribution in [0.25, 0.3) is 12.2 Å². The summed E-state index contributed by atoms with van der Waals surface area (Å²) in [5.74, 6) is -0.351. The summed E-state index contributed by atoms with van der Waals surface area (Å²) < 4.78 is 6.67. The van der Waals surface area contributed by atoms with E-state index in [-0.39, 0.29) is 5.97 Å². The number of ether oxygens (including phenoxy) is 1. The average Bonchev–Trinajstić information content (AvgIpc) is 2.80. The highest BCUT2D eigenvalue weighted by atomic mass is 16.5. The van der Waals surface area contributed by atoms with Crippen molar-refractivity contribution in [1.29, 1.82) is 0 Å². The van der Waals surface area contributed by atoms with Crippen LogP contribution in [0.5, 0.6) is 0 Å². The van der Waals surface area contributed by atoms with Gasteiger partial charge in [0.15, 0.2) is 6.54 Å². The fourth-order valence-electron chi connectivity index (χ4n) is 2.27. The molecule has 2 rings (SSSR count). The van der Waals surface area contributed by atoms with E-state index in [0.29, 0.717) is 0 Å². The van der Waals surface area contributed by atoms with Crippen LogP contribution in [-0.4, -0.2) is 18.2 Å². The number of hydrogen-bond acceptors (Lipinski definition) is 2. The standard InChI is InChI=1S/C18H20N2O2/c1-14-17(11-12-18(21)22-3)15(2)20(19-14)13-7-10-16-8-5-4-6-9-16/h4-12H,13H2,1-3H3/p+1/b10-7+,12-11+. The van der Waals surface area contributed by atoms with Crippen LogP contribution in [0.1, 0.15) is 22.5 Å². The van der Waals surface area contributed by atoms with E-state index in [1.165, 1.54) is 18.7 Å². The maximum Gasteiger partial charge on any atom is 0.330 e. The number of nitrogens with one attached hydrogen (secondary N) is 1. The summed E-state index contributed by atoms with van der Waals surface area (Å²) in [6, 6.07) is 10.2. The number of methoxy groups -OCH3 is 1. The summed E-state index contributed by atoms with van der Waals surface area (Å²) in [5.41, 5.74) is 4.29. The van der Waals surface area contributed by atoms with Gasteiger partial charge in [-0.1, -0.05) is 36.4 Å². The second-order valence-electron chi connectivity index (χ2n) is 5.02. The van der Waals surface area contributed by atoms with E-state index in [1.54, 1.807) is 6.08 Å². The van der Waals surface area contributed by atoms with Crippen LogP contribution in [-0.2, 0) is 16.1 Å². The third-order valence-electron chi connectivity index (χ3n) is 3.49. The number of carbonyl (C=O) groups excluding carboxylic acids is 1. The first-order valence-electron chi connectivity index (χ1n) is 7.18. The molecule has 0 amide bonds. The first-order valence-corrected chi connectivity index (χ1v) is 7.18. The molecular formula is C18H21N2O2+. The van der Waals surface area contributed by atoms with Gasteiger partial charge in [-0.15, -0.1) is 4.68 Å². The molecule has 0 unspecified atom stereocenters. The fourth-order valence-corrected chi connectivity index (χ4v) is 2.27. The van der Waals surface area contributed by atoms with Gasteiger partial charge in [-0.2, -0.15) is 5.10 Å². The molecule has 0 bridgehead atoms. The highest BCUT2D eigenvalue weighted by molar-refractivity contribution is 5.87. The maximum atomic E-state index is 11.2. The molecule has 2 aromatic rings. The molecule has 0 saturated carbocycles. The zero-order valence-corrected chi connectivity index (χ0v) is 13.2. The number of aryl methyl sites for hydroxylation is 1. The summed E-state index contributed by atoms with van der Waals surface area (Å²) in [4.78, 5) is 11.2. The molecule has 0 saturated heterocycles. The predicted molar refractivity (Wildman–Crippen MR) is 87.0 cm³/mol. The SMILES string of the molecule is COC(=O)/C=C/c1c(C)[nH][n+](C/C=C/c2ccccc2)c1C. The quantitative estimate of drug-likeness (QED) is 0.524. The van der Waals surface area contributed by atoms with Crippen LogP contribution in [0.15, 0.2) is 42.5 Å². The number of aromatic amines is 1. The van der Waals surface area contributed by atoms with E-state index in [1.807, 2.05) is 36.7 Å². The fraction of sp³-hybridized carbons (Fsp3) is 0.222. The van der Waals surface area contributed by atoms with Crippen molar-refractivity contribution >= 4 is 18.1 Å². The Labute approximate surface area is 130 Å². The van der Waals surface area contributed by atoms with Crippen LogP contribution in [0.4, 0.5) is 0 Å². The molecule has 22 heavy (non-hydrogen) atoms. The number of H-pyrrole nitrogens is 1. The van der Waals surface area contributed by atoms with E-state index < -0.39 is 0 Å². The summed E-state index contributed by atoms with van der Waals surface area (Å²) in [7, 11) is 1.37. The molecule has 0 aliphatic carbocycles. The number of aromatic nitrogens is 2. The van der Waals surface area contributed by atoms with Gasteiger partial charge in [-0.3, -0.25) is 0 Å². The van der Waals surface area contributed by atoms with E-state index in [9.17, 15) is 4.79 Å². The highest BCUT2D eigenvalue weighted by Crippen LogP contribution is 2.10. The second-order valence-corrected chi connectivity index (χ2v) is 5.02. The maximum absolute atomic E-state index is 11.2. The minimum absolute atomic E-state index is 0.351. The van der Waals surface area contributed by atoms with Gasteiger partial charge in [0.05, 0.1) is 18.4 Å². The Morgan fingerprint density at radius 1 is 1.23 bits per heavy atom. The molecule has 1 aromatic heterocycles. The third kappa shape index (κ3) is 3.95. The van der Waals surface area contributed by atoms with Crippen LogP contribution >= 0.6 is 0 Å². The monoisotopic (exact) mass is 297 g/mol. The van der Waals surface area contributed by atoms with E-state index in [0.717, 1.165) is 23.5 Å². The topological polar surface area (TPSA) is 46.0 Å². The lowest BCUT2D eigenvalue weighted by molar-refractivity contribution is -0.746. The molecule has 114 valence electrons. The number of allylic oxidation sites excluding steroid dienone is 1. The van der Waals surface area contributed by atoms with Crippen LogP contribution in [0.3, 0.4) is 0 Å². The van der Waals surface area contributed by atoms with Gasteiger partial charge in [0, 0.05) is 13.0 Å². The number of rotatable bonds is 5. The molecule has 0 aliphatic rings. The molecule has 0 fully saturated rings. The van der Waals surface area contributed by atoms with E-state index in [2.05, 4.69) is 34.1 Å². The summed E-state index contributed by atoms with van der Waals surface area (Å²) in [5, 5.41) is 3.30. The van der Waals surface area contributed by atoms with Crippen molar-refractivity contribution < 1.29 is 14.2 Å². The zero-order chi connectivity index (χ0) is 15.9.